The molecule has 34 heavy (non-hydrogen) atoms. The first-order valence-corrected chi connectivity index (χ1v) is 11.6. The molecule has 0 aliphatic carbocycles. The van der Waals surface area contributed by atoms with Crippen molar-refractivity contribution in [3.05, 3.63) is 48.2 Å². The van der Waals surface area contributed by atoms with Crippen LogP contribution < -0.4 is 14.4 Å². The Morgan fingerprint density at radius 3 is 2.35 bits per heavy atom. The fourth-order valence-electron chi connectivity index (χ4n) is 4.97. The molecule has 1 aromatic carbocycles. The summed E-state index contributed by atoms with van der Waals surface area (Å²) < 4.78 is 51.6. The number of hydrogen-bond acceptors (Lipinski definition) is 6. The Balaban J connectivity index is 1.13. The second-order valence-electron chi connectivity index (χ2n) is 8.82. The number of fused-ring (bicyclic) bond motifs is 1. The lowest BCUT2D eigenvalue weighted by Crippen LogP contribution is -2.55. The van der Waals surface area contributed by atoms with Crippen molar-refractivity contribution in [3.8, 4) is 11.5 Å². The Hall–Kier alpha value is -3.01. The largest absolute Gasteiger partial charge is 0.485 e. The molecule has 2 fully saturated rings. The highest BCUT2D eigenvalue weighted by Gasteiger charge is 2.38. The van der Waals surface area contributed by atoms with E-state index in [0.29, 0.717) is 56.8 Å². The zero-order valence-corrected chi connectivity index (χ0v) is 18.7. The van der Waals surface area contributed by atoms with E-state index in [1.807, 2.05) is 23.1 Å². The third-order valence-corrected chi connectivity index (χ3v) is 6.78. The number of pyridine rings is 1. The molecule has 0 saturated carbocycles. The van der Waals surface area contributed by atoms with Gasteiger partial charge in [0, 0.05) is 51.5 Å². The molecule has 4 heterocycles. The molecule has 0 bridgehead atoms. The summed E-state index contributed by atoms with van der Waals surface area (Å²) in [4.78, 5) is 22.9. The van der Waals surface area contributed by atoms with Gasteiger partial charge in [-0.3, -0.25) is 9.69 Å². The van der Waals surface area contributed by atoms with E-state index in [2.05, 4.69) is 9.88 Å². The first-order chi connectivity index (χ1) is 16.4. The van der Waals surface area contributed by atoms with Crippen LogP contribution in [0.15, 0.2) is 42.6 Å². The van der Waals surface area contributed by atoms with Gasteiger partial charge in [0.1, 0.15) is 12.4 Å². The van der Waals surface area contributed by atoms with Crippen molar-refractivity contribution in [2.45, 2.75) is 31.2 Å². The first-order valence-electron chi connectivity index (χ1n) is 11.6. The molecule has 3 aliphatic heterocycles. The van der Waals surface area contributed by atoms with Crippen LogP contribution in [-0.4, -0.2) is 78.7 Å². The number of aromatic nitrogens is 1. The Morgan fingerprint density at radius 1 is 0.941 bits per heavy atom. The number of nitrogens with zero attached hydrogens (tertiary/aromatic N) is 4. The Morgan fingerprint density at radius 2 is 1.65 bits per heavy atom. The zero-order chi connectivity index (χ0) is 23.7. The molecule has 182 valence electrons. The van der Waals surface area contributed by atoms with E-state index in [1.54, 1.807) is 11.0 Å². The lowest BCUT2D eigenvalue weighted by Gasteiger charge is -2.43. The van der Waals surface area contributed by atoms with E-state index < -0.39 is 17.8 Å². The van der Waals surface area contributed by atoms with Crippen LogP contribution >= 0.6 is 0 Å². The number of likely N-dealkylation sites (tertiary alicyclic amines) is 1. The minimum absolute atomic E-state index is 0.00587. The Kier molecular flexibility index (Phi) is 6.24. The number of benzene rings is 1. The highest BCUT2D eigenvalue weighted by molar-refractivity contribution is 5.82. The Bertz CT molecular complexity index is 1020. The topological polar surface area (TPSA) is 58.1 Å². The number of carbonyl (C=O) groups excluding carboxylic acids is 1. The average molecular weight is 476 g/mol. The van der Waals surface area contributed by atoms with Crippen molar-refractivity contribution in [2.24, 2.45) is 0 Å². The maximum atomic E-state index is 13.4. The van der Waals surface area contributed by atoms with Crippen LogP contribution in [0.4, 0.5) is 19.0 Å². The van der Waals surface area contributed by atoms with Crippen LogP contribution in [0.3, 0.4) is 0 Å². The van der Waals surface area contributed by atoms with Crippen molar-refractivity contribution in [2.75, 3.05) is 50.8 Å². The van der Waals surface area contributed by atoms with Crippen molar-refractivity contribution in [1.29, 1.82) is 0 Å². The number of piperidine rings is 1. The van der Waals surface area contributed by atoms with Crippen LogP contribution in [0, 0.1) is 0 Å². The lowest BCUT2D eigenvalue weighted by molar-refractivity contribution is -0.143. The van der Waals surface area contributed by atoms with Crippen LogP contribution in [0.5, 0.6) is 11.5 Å². The summed E-state index contributed by atoms with van der Waals surface area (Å²) in [5, 5.41) is 0. The van der Waals surface area contributed by atoms with Crippen molar-refractivity contribution in [1.82, 2.24) is 14.8 Å². The quantitative estimate of drug-likeness (QED) is 0.679. The zero-order valence-electron chi connectivity index (χ0n) is 18.7. The number of carbonyl (C=O) groups is 1. The maximum absolute atomic E-state index is 13.4. The number of rotatable bonds is 3. The number of piperazine rings is 1. The van der Waals surface area contributed by atoms with Crippen molar-refractivity contribution >= 4 is 11.7 Å². The molecule has 0 N–H and O–H groups in total. The van der Waals surface area contributed by atoms with Gasteiger partial charge in [-0.25, -0.2) is 4.98 Å². The molecule has 0 unspecified atom stereocenters. The van der Waals surface area contributed by atoms with Gasteiger partial charge in [-0.15, -0.1) is 0 Å². The van der Waals surface area contributed by atoms with Gasteiger partial charge in [-0.2, -0.15) is 13.2 Å². The molecule has 1 amide bonds. The third kappa shape index (κ3) is 4.64. The monoisotopic (exact) mass is 476 g/mol. The molecule has 3 aliphatic rings. The Labute approximate surface area is 196 Å². The summed E-state index contributed by atoms with van der Waals surface area (Å²) in [5.74, 6) is 1.18. The highest BCUT2D eigenvalue weighted by atomic mass is 19.4. The average Bonchev–Trinajstić information content (AvgIpc) is 2.88. The smallest absolute Gasteiger partial charge is 0.419 e. The fraction of sp³-hybridized carbons (Fsp3) is 0.500. The number of alkyl halides is 3. The normalized spacial score (nSPS) is 22.0. The lowest BCUT2D eigenvalue weighted by atomic mass is 10.0. The fourth-order valence-corrected chi connectivity index (χ4v) is 4.97. The van der Waals surface area contributed by atoms with Crippen molar-refractivity contribution in [3.63, 3.8) is 0 Å². The summed E-state index contributed by atoms with van der Waals surface area (Å²) in [6, 6.07) is 10.0. The maximum Gasteiger partial charge on any atom is 0.419 e. The minimum Gasteiger partial charge on any atom is -0.485 e. The van der Waals surface area contributed by atoms with E-state index in [9.17, 15) is 18.0 Å². The second-order valence-corrected chi connectivity index (χ2v) is 8.82. The van der Waals surface area contributed by atoms with Crippen molar-refractivity contribution < 1.29 is 27.4 Å². The molecule has 0 radical (unpaired) electrons. The highest BCUT2D eigenvalue weighted by Crippen LogP contribution is 2.36. The van der Waals surface area contributed by atoms with Gasteiger partial charge in [0.15, 0.2) is 11.5 Å². The van der Waals surface area contributed by atoms with E-state index in [0.717, 1.165) is 18.9 Å². The SMILES string of the molecule is O=C([C@@H]1COc2ccccc2O1)N1CCC(N2CCN(c3ncccc3C(F)(F)F)CC2)CC1. The van der Waals surface area contributed by atoms with Gasteiger partial charge in [-0.1, -0.05) is 12.1 Å². The number of amides is 1. The van der Waals surface area contributed by atoms with E-state index >= 15 is 0 Å². The molecule has 1 atom stereocenters. The van der Waals surface area contributed by atoms with Crippen LogP contribution in [-0.2, 0) is 11.0 Å². The van der Waals surface area contributed by atoms with Gasteiger partial charge in [0.2, 0.25) is 6.10 Å². The van der Waals surface area contributed by atoms with E-state index in [4.69, 9.17) is 9.47 Å². The molecule has 2 aromatic rings. The van der Waals surface area contributed by atoms with Gasteiger partial charge >= 0.3 is 6.18 Å². The number of halogens is 3. The molecule has 5 rings (SSSR count). The van der Waals surface area contributed by atoms with E-state index in [1.165, 1.54) is 12.3 Å². The molecule has 0 spiro atoms. The summed E-state index contributed by atoms with van der Waals surface area (Å²) in [5.41, 5.74) is -0.688. The predicted molar refractivity (Wildman–Crippen MR) is 119 cm³/mol. The van der Waals surface area contributed by atoms with Gasteiger partial charge in [-0.05, 0) is 37.1 Å². The summed E-state index contributed by atoms with van der Waals surface area (Å²) in [6.07, 6.45) is -2.00. The molecule has 2 saturated heterocycles. The number of ether oxygens (including phenoxy) is 2. The summed E-state index contributed by atoms with van der Waals surface area (Å²) >= 11 is 0. The molecule has 10 heteroatoms. The second kappa shape index (κ2) is 9.32. The first kappa shape index (κ1) is 22.8. The van der Waals surface area contributed by atoms with Gasteiger partial charge < -0.3 is 19.3 Å². The third-order valence-electron chi connectivity index (χ3n) is 6.78. The van der Waals surface area contributed by atoms with Crippen LogP contribution in [0.25, 0.3) is 0 Å². The van der Waals surface area contributed by atoms with E-state index in [-0.39, 0.29) is 18.3 Å². The molecule has 7 nitrogen and oxygen atoms in total. The number of para-hydroxylation sites is 2. The molecule has 1 aromatic heterocycles. The number of hydrogen-bond donors (Lipinski definition) is 0. The van der Waals surface area contributed by atoms with Crippen LogP contribution in [0.2, 0.25) is 0 Å². The van der Waals surface area contributed by atoms with Gasteiger partial charge in [0.05, 0.1) is 5.56 Å². The number of anilines is 1. The predicted octanol–water partition coefficient (Wildman–Crippen LogP) is 3.05. The summed E-state index contributed by atoms with van der Waals surface area (Å²) in [7, 11) is 0. The standard InChI is InChI=1S/C24H27F3N4O3/c25-24(26,27)18-4-3-9-28-22(18)30-14-12-29(13-15-30)17-7-10-31(11-8-17)23(32)21-16-33-19-5-1-2-6-20(19)34-21/h1-6,9,17,21H,7-8,10-16H2/t21-/m0/s1. The molecular weight excluding hydrogens is 449 g/mol. The van der Waals surface area contributed by atoms with Crippen LogP contribution in [0.1, 0.15) is 18.4 Å². The summed E-state index contributed by atoms with van der Waals surface area (Å²) in [6.45, 7) is 3.78. The minimum atomic E-state index is -4.42. The van der Waals surface area contributed by atoms with Gasteiger partial charge in [0.25, 0.3) is 5.91 Å². The molecular formula is C24H27F3N4O3.